The molecule has 45 nitrogen and oxygen atoms in total. The lowest BCUT2D eigenvalue weighted by atomic mass is 9.99. The van der Waals surface area contributed by atoms with Crippen molar-refractivity contribution in [3.63, 3.8) is 0 Å². The third-order valence-corrected chi connectivity index (χ3v) is 22.3. The zero-order valence-electron chi connectivity index (χ0n) is 79.3. The summed E-state index contributed by atoms with van der Waals surface area (Å²) in [6.45, 7) is 17.3. The maximum atomic E-state index is 15.2. The second-order valence-corrected chi connectivity index (χ2v) is 36.9. The molecule has 1 aromatic carbocycles. The fourth-order valence-corrected chi connectivity index (χ4v) is 15.2. The number of esters is 1. The van der Waals surface area contributed by atoms with Crippen LogP contribution in [0.1, 0.15) is 237 Å². The first-order valence-electron chi connectivity index (χ1n) is 46.0. The molecule has 3 saturated heterocycles. The molecule has 0 aliphatic carbocycles. The Morgan fingerprint density at radius 1 is 0.582 bits per heavy atom. The number of aliphatic hydroxyl groups excluding tert-OH is 7. The minimum atomic E-state index is -2.31. The Labute approximate surface area is 781 Å². The van der Waals surface area contributed by atoms with E-state index in [-0.39, 0.29) is 63.9 Å². The first-order valence-corrected chi connectivity index (χ1v) is 46.0. The lowest BCUT2D eigenvalue weighted by Crippen LogP contribution is -2.64. The number of cyclic esters (lactones) is 1. The summed E-state index contributed by atoms with van der Waals surface area (Å²) < 4.78 is 17.0. The number of nitrogens with one attached hydrogen (secondary N) is 12. The van der Waals surface area contributed by atoms with E-state index >= 15 is 4.79 Å². The number of benzene rings is 1. The maximum Gasteiger partial charge on any atom is 0.408 e. The Hall–Kier alpha value is -11.2. The van der Waals surface area contributed by atoms with Crippen molar-refractivity contribution in [3.05, 3.63) is 29.8 Å². The Balaban J connectivity index is 1.93. The van der Waals surface area contributed by atoms with Crippen LogP contribution in [0.2, 0.25) is 0 Å². The summed E-state index contributed by atoms with van der Waals surface area (Å²) >= 11 is 0. The van der Waals surface area contributed by atoms with Crippen molar-refractivity contribution in [2.45, 2.75) is 371 Å². The highest BCUT2D eigenvalue weighted by atomic mass is 16.6. The number of hydrogen-bond donors (Lipinski definition) is 21. The smallest absolute Gasteiger partial charge is 0.408 e. The molecule has 20 atom stereocenters. The molecule has 0 bridgehead atoms. The van der Waals surface area contributed by atoms with Crippen molar-refractivity contribution in [1.29, 1.82) is 5.26 Å². The van der Waals surface area contributed by atoms with Crippen molar-refractivity contribution in [3.8, 4) is 11.8 Å². The standard InChI is InChI=1S/C89H145N17O28/c1-15-16-17-18-19-20-21-22-23-24-25-29-57-44-65(116)98-68(50(5)107)78(122)94-49(4)74(118)96-60(42-54-32-34-55(111)35-33-54)75(119)100-67(48(2)3)83(127)106-47-56(112)43-61(106)76(120)101-70(52(7)109)80(124)102-71(53(8)110)84(128)105-41-36-62(113)73(105)81(125)103-72(63(114)45-64(91)115)77(121)93-46-66(117)99-69(51(6)108)79(123)95-59(85(129)132-57)31-27-39-104(40-28-37-90)82(126)58(97-87(131)134-89(12,13)14)30-26-38-92-86(130)133-88(9,10)11/h32-35,48-53,56-63,67-73,107-114H,15-31,36,38-47H2,1-14H3,(H2,91,115)(H,92,130)(H,93,121)(H,94,122)(H,95,123)(H,96,118)(H,97,131)(H,98,116)(H,99,117)(H,100,119)(H,101,120)(H,102,124)(H,103,125)/t49-,50-,51-,52-,53-,56-,57-,58+,59-,60+,61+,62+,63?,67+,68-,69+,70-,71+,72?,73+/m1/s1. The molecule has 0 saturated carbocycles. The molecule has 1 aromatic rings. The number of carbonyl (C=O) groups excluding carboxylic acids is 17. The molecule has 3 aliphatic heterocycles. The van der Waals surface area contributed by atoms with Crippen LogP contribution in [0.4, 0.5) is 9.59 Å². The molecular formula is C89H145N17O28. The number of alkyl carbamates (subject to hydrolysis) is 2. The molecule has 2 unspecified atom stereocenters. The number of aromatic hydroxyl groups is 1. The molecule has 22 N–H and O–H groups in total. The number of hydrogen-bond acceptors (Lipinski definition) is 29. The fraction of sp³-hybridized carbons (Fsp3) is 0.730. The SMILES string of the molecule is CCCCCCCCCCCCC[C@@H]1CC(=O)N[C@H]([C@@H](C)O)C(=O)N[C@H](C)C(=O)N[C@@H](Cc2ccc(O)cc2)C(=O)N[C@@H](C(C)C)C(=O)N2C[C@H](O)C[C@H]2C(=O)N[C@H]([C@@H](C)O)C(=O)N[C@@H]([C@@H](C)O)C(=O)N2CC[C@H](O)[C@H]2C(=O)NC(C(O)CC(N)=O)C(=O)NCC(=O)N[C@@H]([C@@H](C)O)C(=O)N[C@H](CCCN(CCC#N)C(=O)[C@H](CCCNC(=O)OC(C)(C)C)NC(=O)OC(C)(C)C)C(=O)O1. The molecule has 16 amide bonds. The van der Waals surface area contributed by atoms with Gasteiger partial charge in [0, 0.05) is 45.6 Å². The van der Waals surface area contributed by atoms with E-state index < -0.39 is 291 Å². The number of nitrogens with two attached hydrogens (primary N) is 1. The first-order chi connectivity index (χ1) is 62.8. The highest BCUT2D eigenvalue weighted by molar-refractivity contribution is 6.01. The molecule has 754 valence electrons. The van der Waals surface area contributed by atoms with Crippen LogP contribution in [-0.4, -0.2) is 328 Å². The summed E-state index contributed by atoms with van der Waals surface area (Å²) in [6.07, 6.45) is -10.8. The number of carbonyl (C=O) groups is 17. The van der Waals surface area contributed by atoms with Crippen LogP contribution in [0.3, 0.4) is 0 Å². The average molecular weight is 1900 g/mol. The summed E-state index contributed by atoms with van der Waals surface area (Å²) in [6, 6.07) is -14.9. The van der Waals surface area contributed by atoms with E-state index in [9.17, 15) is 123 Å². The molecule has 3 fully saturated rings. The Morgan fingerprint density at radius 2 is 1.10 bits per heavy atom. The molecule has 3 aliphatic rings. The maximum absolute atomic E-state index is 15.2. The molecule has 134 heavy (non-hydrogen) atoms. The van der Waals surface area contributed by atoms with Gasteiger partial charge >= 0.3 is 18.2 Å². The zero-order chi connectivity index (χ0) is 101. The number of primary amides is 1. The summed E-state index contributed by atoms with van der Waals surface area (Å²) in [5.74, 6) is -19.0. The number of unbranched alkanes of at least 4 members (excludes halogenated alkanes) is 10. The minimum absolute atomic E-state index is 0.0494. The summed E-state index contributed by atoms with van der Waals surface area (Å²) in [4.78, 5) is 245. The molecule has 0 spiro atoms. The Bertz CT molecular complexity index is 4140. The number of phenolic OH excluding ortho intramolecular Hbond substituents is 1. The van der Waals surface area contributed by atoms with Gasteiger partial charge in [-0.3, -0.25) is 67.1 Å². The number of nitrogens with zero attached hydrogens (tertiary/aromatic N) is 4. The van der Waals surface area contributed by atoms with Crippen molar-refractivity contribution >= 4 is 101 Å². The van der Waals surface area contributed by atoms with Gasteiger partial charge in [0.1, 0.15) is 95.6 Å². The molecule has 45 heteroatoms. The van der Waals surface area contributed by atoms with Gasteiger partial charge in [0.15, 0.2) is 0 Å². The predicted molar refractivity (Wildman–Crippen MR) is 480 cm³/mol. The average Bonchev–Trinajstić information content (AvgIpc) is 1.63. The van der Waals surface area contributed by atoms with Gasteiger partial charge in [-0.25, -0.2) is 14.4 Å². The third-order valence-electron chi connectivity index (χ3n) is 22.3. The molecule has 0 aromatic heterocycles. The lowest BCUT2D eigenvalue weighted by Gasteiger charge is -2.34. The van der Waals surface area contributed by atoms with Crippen LogP contribution in [0.5, 0.6) is 5.75 Å². The van der Waals surface area contributed by atoms with E-state index in [1.165, 1.54) is 49.9 Å². The van der Waals surface area contributed by atoms with Crippen LogP contribution in [0.15, 0.2) is 24.3 Å². The zero-order valence-corrected chi connectivity index (χ0v) is 79.3. The second-order valence-electron chi connectivity index (χ2n) is 36.9. The minimum Gasteiger partial charge on any atom is -0.508 e. The monoisotopic (exact) mass is 1900 g/mol. The van der Waals surface area contributed by atoms with Gasteiger partial charge in [-0.1, -0.05) is 97.1 Å². The molecule has 3 heterocycles. The van der Waals surface area contributed by atoms with E-state index in [2.05, 4.69) is 70.7 Å². The normalized spacial score (nSPS) is 25.2. The summed E-state index contributed by atoms with van der Waals surface area (Å²) in [5, 5.41) is 127. The number of amides is 16. The van der Waals surface area contributed by atoms with E-state index in [0.29, 0.717) is 29.7 Å². The molecular weight excluding hydrogens is 1760 g/mol. The van der Waals surface area contributed by atoms with Gasteiger partial charge in [-0.05, 0) is 145 Å². The number of nitriles is 1. The third kappa shape index (κ3) is 39.8. The number of aliphatic hydroxyl groups is 7. The van der Waals surface area contributed by atoms with Crippen LogP contribution < -0.4 is 69.5 Å². The Kier molecular flexibility index (Phi) is 48.3. The van der Waals surface area contributed by atoms with Crippen LogP contribution in [-0.2, 0) is 92.5 Å². The van der Waals surface area contributed by atoms with Crippen LogP contribution >= 0.6 is 0 Å². The highest BCUT2D eigenvalue weighted by Gasteiger charge is 2.49. The van der Waals surface area contributed by atoms with Crippen molar-refractivity contribution < 1.29 is 137 Å². The number of phenols is 1. The summed E-state index contributed by atoms with van der Waals surface area (Å²) in [5.41, 5.74) is 3.80. The highest BCUT2D eigenvalue weighted by Crippen LogP contribution is 2.26. The van der Waals surface area contributed by atoms with Gasteiger partial charge in [0.05, 0.1) is 74.6 Å². The van der Waals surface area contributed by atoms with E-state index in [1.807, 2.05) is 6.07 Å². The molecule has 4 rings (SSSR count). The van der Waals surface area contributed by atoms with Gasteiger partial charge in [0.2, 0.25) is 82.7 Å². The Morgan fingerprint density at radius 3 is 1.66 bits per heavy atom. The lowest BCUT2D eigenvalue weighted by molar-refractivity contribution is -0.155. The van der Waals surface area contributed by atoms with Gasteiger partial charge in [0.25, 0.3) is 0 Å². The number of ether oxygens (including phenoxy) is 3. The second kappa shape index (κ2) is 56.2. The van der Waals surface area contributed by atoms with E-state index in [1.54, 1.807) is 41.5 Å². The fourth-order valence-electron chi connectivity index (χ4n) is 15.2. The summed E-state index contributed by atoms with van der Waals surface area (Å²) in [7, 11) is 0. The number of rotatable bonds is 34. The van der Waals surface area contributed by atoms with Gasteiger partial charge < -0.3 is 139 Å². The topological polar surface area (TPSA) is 684 Å². The van der Waals surface area contributed by atoms with Gasteiger partial charge in [-0.15, -0.1) is 0 Å². The van der Waals surface area contributed by atoms with Crippen LogP contribution in [0, 0.1) is 17.2 Å². The van der Waals surface area contributed by atoms with Crippen LogP contribution in [0.25, 0.3) is 0 Å². The predicted octanol–water partition coefficient (Wildman–Crippen LogP) is -2.49. The van der Waals surface area contributed by atoms with Crippen molar-refractivity contribution in [2.75, 3.05) is 39.3 Å². The molecule has 0 radical (unpaired) electrons. The number of fused-ring (bicyclic) bond motifs is 2. The van der Waals surface area contributed by atoms with Crippen molar-refractivity contribution in [1.82, 2.24) is 78.5 Å². The van der Waals surface area contributed by atoms with Gasteiger partial charge in [-0.2, -0.15) is 5.26 Å². The van der Waals surface area contributed by atoms with E-state index in [4.69, 9.17) is 19.9 Å². The van der Waals surface area contributed by atoms with E-state index in [0.717, 1.165) is 84.0 Å². The quantitative estimate of drug-likeness (QED) is 0.0193. The largest absolute Gasteiger partial charge is 0.508 e. The van der Waals surface area contributed by atoms with Crippen molar-refractivity contribution in [2.24, 2.45) is 11.7 Å². The first kappa shape index (κ1) is 115.